The van der Waals surface area contributed by atoms with Crippen LogP contribution in [0.25, 0.3) is 0 Å². The van der Waals surface area contributed by atoms with E-state index in [0.717, 1.165) is 11.3 Å². The minimum Gasteiger partial charge on any atom is -0.494 e. The van der Waals surface area contributed by atoms with Crippen molar-refractivity contribution in [2.45, 2.75) is 13.8 Å². The lowest BCUT2D eigenvalue weighted by atomic mass is 10.2. The molecule has 0 unspecified atom stereocenters. The van der Waals surface area contributed by atoms with Crippen LogP contribution < -0.4 is 9.46 Å². The van der Waals surface area contributed by atoms with Crippen molar-refractivity contribution in [3.05, 3.63) is 23.8 Å². The number of anilines is 1. The maximum absolute atomic E-state index is 11.7. The first-order valence-electron chi connectivity index (χ1n) is 5.54. The van der Waals surface area contributed by atoms with Crippen molar-refractivity contribution in [1.29, 1.82) is 0 Å². The highest BCUT2D eigenvalue weighted by Crippen LogP contribution is 2.24. The van der Waals surface area contributed by atoms with E-state index in [1.807, 2.05) is 13.8 Å². The predicted octanol–water partition coefficient (Wildman–Crippen LogP) is 1.37. The molecule has 1 aliphatic rings. The van der Waals surface area contributed by atoms with Crippen LogP contribution in [-0.4, -0.2) is 32.4 Å². The number of ether oxygens (including phenoxy) is 1. The van der Waals surface area contributed by atoms with E-state index in [9.17, 15) is 8.42 Å². The third kappa shape index (κ3) is 2.89. The minimum absolute atomic E-state index is 0.567. The first-order chi connectivity index (χ1) is 8.03. The van der Waals surface area contributed by atoms with Gasteiger partial charge >= 0.3 is 10.2 Å². The van der Waals surface area contributed by atoms with Crippen molar-refractivity contribution < 1.29 is 13.2 Å². The van der Waals surface area contributed by atoms with Gasteiger partial charge in [-0.25, -0.2) is 0 Å². The van der Waals surface area contributed by atoms with Gasteiger partial charge < -0.3 is 4.74 Å². The van der Waals surface area contributed by atoms with Gasteiger partial charge in [-0.15, -0.1) is 0 Å². The van der Waals surface area contributed by atoms with E-state index in [4.69, 9.17) is 4.74 Å². The number of rotatable bonds is 5. The van der Waals surface area contributed by atoms with Crippen LogP contribution in [0.2, 0.25) is 0 Å². The summed E-state index contributed by atoms with van der Waals surface area (Å²) in [6.07, 6.45) is 0. The van der Waals surface area contributed by atoms with Gasteiger partial charge in [-0.05, 0) is 37.6 Å². The van der Waals surface area contributed by atoms with Gasteiger partial charge in [-0.1, -0.05) is 0 Å². The molecule has 0 radical (unpaired) electrons. The fourth-order valence-electron chi connectivity index (χ4n) is 1.53. The molecule has 94 valence electrons. The van der Waals surface area contributed by atoms with E-state index >= 15 is 0 Å². The number of nitrogens with one attached hydrogen (secondary N) is 1. The van der Waals surface area contributed by atoms with Crippen LogP contribution in [0.1, 0.15) is 12.5 Å². The summed E-state index contributed by atoms with van der Waals surface area (Å²) in [6, 6.07) is 5.25. The molecule has 1 aliphatic heterocycles. The number of aryl methyl sites for hydroxylation is 1. The number of hydrogen-bond acceptors (Lipinski definition) is 3. The van der Waals surface area contributed by atoms with E-state index in [0.29, 0.717) is 25.4 Å². The monoisotopic (exact) mass is 256 g/mol. The Hall–Kier alpha value is -1.27. The second kappa shape index (κ2) is 4.54. The summed E-state index contributed by atoms with van der Waals surface area (Å²) in [5, 5.41) is 0. The zero-order chi connectivity index (χ0) is 12.5. The summed E-state index contributed by atoms with van der Waals surface area (Å²) in [4.78, 5) is 0. The van der Waals surface area contributed by atoms with E-state index in [1.54, 1.807) is 18.2 Å². The highest BCUT2D eigenvalue weighted by molar-refractivity contribution is 7.90. The van der Waals surface area contributed by atoms with Crippen molar-refractivity contribution in [2.75, 3.05) is 24.4 Å². The maximum atomic E-state index is 11.7. The summed E-state index contributed by atoms with van der Waals surface area (Å²) in [6.45, 7) is 5.60. The quantitative estimate of drug-likeness (QED) is 0.809. The molecule has 1 fully saturated rings. The highest BCUT2D eigenvalue weighted by Gasteiger charge is 2.31. The third-order valence-electron chi connectivity index (χ3n) is 2.47. The lowest BCUT2D eigenvalue weighted by Crippen LogP contribution is -2.20. The first kappa shape index (κ1) is 12.2. The smallest absolute Gasteiger partial charge is 0.301 e. The normalized spacial score (nSPS) is 15.6. The molecule has 5 nitrogen and oxygen atoms in total. The number of hydrogen-bond donors (Lipinski definition) is 1. The highest BCUT2D eigenvalue weighted by atomic mass is 32.2. The predicted molar refractivity (Wildman–Crippen MR) is 66.5 cm³/mol. The molecule has 0 atom stereocenters. The van der Waals surface area contributed by atoms with Crippen molar-refractivity contribution >= 4 is 15.9 Å². The molecule has 1 aromatic carbocycles. The zero-order valence-electron chi connectivity index (χ0n) is 9.93. The molecule has 0 saturated carbocycles. The van der Waals surface area contributed by atoms with Crippen molar-refractivity contribution in [2.24, 2.45) is 0 Å². The fourth-order valence-corrected chi connectivity index (χ4v) is 2.64. The van der Waals surface area contributed by atoms with Gasteiger partial charge in [0.05, 0.1) is 12.3 Å². The molecule has 0 aliphatic carbocycles. The molecule has 1 saturated heterocycles. The first-order valence-corrected chi connectivity index (χ1v) is 6.98. The second-order valence-electron chi connectivity index (χ2n) is 3.92. The van der Waals surface area contributed by atoms with Crippen LogP contribution in [0.4, 0.5) is 5.69 Å². The molecule has 1 heterocycles. The Balaban J connectivity index is 2.14. The molecule has 1 N–H and O–H groups in total. The maximum Gasteiger partial charge on any atom is 0.301 e. The van der Waals surface area contributed by atoms with Crippen LogP contribution in [0, 0.1) is 6.92 Å². The summed E-state index contributed by atoms with van der Waals surface area (Å²) in [7, 11) is -3.34. The van der Waals surface area contributed by atoms with Gasteiger partial charge in [-0.2, -0.15) is 12.7 Å². The van der Waals surface area contributed by atoms with E-state index in [-0.39, 0.29) is 0 Å². The van der Waals surface area contributed by atoms with Crippen molar-refractivity contribution in [3.8, 4) is 5.75 Å². The van der Waals surface area contributed by atoms with E-state index < -0.39 is 10.2 Å². The fraction of sp³-hybridized carbons (Fsp3) is 0.455. The number of benzene rings is 1. The summed E-state index contributed by atoms with van der Waals surface area (Å²) in [5.74, 6) is 0.780. The Morgan fingerprint density at radius 3 is 2.65 bits per heavy atom. The SMILES string of the molecule is CCOc1ccc(NS(=O)(=O)N2CC2)cc1C. The Kier molecular flexibility index (Phi) is 3.26. The van der Waals surface area contributed by atoms with E-state index in [1.165, 1.54) is 4.31 Å². The molecule has 6 heteroatoms. The molecule has 2 rings (SSSR count). The van der Waals surface area contributed by atoms with Crippen molar-refractivity contribution in [1.82, 2.24) is 4.31 Å². The van der Waals surface area contributed by atoms with E-state index in [2.05, 4.69) is 4.72 Å². The van der Waals surface area contributed by atoms with Gasteiger partial charge in [0.2, 0.25) is 0 Å². The molecule has 0 aromatic heterocycles. The molecule has 17 heavy (non-hydrogen) atoms. The lowest BCUT2D eigenvalue weighted by molar-refractivity contribution is 0.338. The Morgan fingerprint density at radius 1 is 1.41 bits per heavy atom. The van der Waals surface area contributed by atoms with Crippen LogP contribution in [-0.2, 0) is 10.2 Å². The average molecular weight is 256 g/mol. The van der Waals surface area contributed by atoms with Crippen LogP contribution >= 0.6 is 0 Å². The van der Waals surface area contributed by atoms with Crippen molar-refractivity contribution in [3.63, 3.8) is 0 Å². The molecular formula is C11H16N2O3S. The minimum atomic E-state index is -3.34. The summed E-state index contributed by atoms with van der Waals surface area (Å²) < 4.78 is 32.6. The standard InChI is InChI=1S/C11H16N2O3S/c1-3-16-11-5-4-10(8-9(11)2)12-17(14,15)13-6-7-13/h4-5,8,12H,3,6-7H2,1-2H3. The molecule has 1 aromatic rings. The Labute approximate surface area is 102 Å². The Morgan fingerprint density at radius 2 is 2.12 bits per heavy atom. The largest absolute Gasteiger partial charge is 0.494 e. The Bertz CT molecular complexity index is 509. The van der Waals surface area contributed by atoms with Crippen LogP contribution in [0.5, 0.6) is 5.75 Å². The molecular weight excluding hydrogens is 240 g/mol. The molecule has 0 bridgehead atoms. The zero-order valence-corrected chi connectivity index (χ0v) is 10.8. The second-order valence-corrected chi connectivity index (χ2v) is 5.59. The lowest BCUT2D eigenvalue weighted by Gasteiger charge is -2.11. The summed E-state index contributed by atoms with van der Waals surface area (Å²) >= 11 is 0. The van der Waals surface area contributed by atoms with Crippen LogP contribution in [0.15, 0.2) is 18.2 Å². The molecule has 0 amide bonds. The third-order valence-corrected chi connectivity index (χ3v) is 4.01. The van der Waals surface area contributed by atoms with Crippen LogP contribution in [0.3, 0.4) is 0 Å². The number of nitrogens with zero attached hydrogens (tertiary/aromatic N) is 1. The average Bonchev–Trinajstić information content (AvgIpc) is 3.05. The van der Waals surface area contributed by atoms with Gasteiger partial charge in [0.1, 0.15) is 5.75 Å². The molecule has 0 spiro atoms. The van der Waals surface area contributed by atoms with Gasteiger partial charge in [-0.3, -0.25) is 4.72 Å². The van der Waals surface area contributed by atoms with Gasteiger partial charge in [0.15, 0.2) is 0 Å². The van der Waals surface area contributed by atoms with Gasteiger partial charge in [0, 0.05) is 13.1 Å². The topological polar surface area (TPSA) is 58.4 Å². The van der Waals surface area contributed by atoms with Gasteiger partial charge in [0.25, 0.3) is 0 Å². The summed E-state index contributed by atoms with van der Waals surface area (Å²) in [5.41, 5.74) is 1.48.